The number of nitrogens with zero attached hydrogens (tertiary/aromatic N) is 1. The maximum atomic E-state index is 12.9. The summed E-state index contributed by atoms with van der Waals surface area (Å²) in [4.78, 5) is 22.2. The quantitative estimate of drug-likeness (QED) is 0.373. The molecule has 0 fully saturated rings. The van der Waals surface area contributed by atoms with Gasteiger partial charge < -0.3 is 15.4 Å². The number of amides is 2. The standard InChI is InChI=1S/C20H18N4O6S/c1-30-18-12-11-15(24(26)27)13-19(18)31(28,29)23-17-10-6-5-9-16(17)22-20(25)21-14-7-3-2-4-8-14/h2-13,23H,1H3,(H2,21,22,25). The molecule has 10 nitrogen and oxygen atoms in total. The lowest BCUT2D eigenvalue weighted by Gasteiger charge is -2.15. The minimum Gasteiger partial charge on any atom is -0.495 e. The van der Waals surface area contributed by atoms with Crippen molar-refractivity contribution in [2.45, 2.75) is 4.90 Å². The number of non-ortho nitro benzene ring substituents is 1. The monoisotopic (exact) mass is 442 g/mol. The number of para-hydroxylation sites is 3. The highest BCUT2D eigenvalue weighted by Gasteiger charge is 2.24. The second-order valence-corrected chi connectivity index (χ2v) is 7.84. The molecule has 0 spiro atoms. The Morgan fingerprint density at radius 2 is 1.58 bits per heavy atom. The maximum Gasteiger partial charge on any atom is 0.323 e. The van der Waals surface area contributed by atoms with E-state index in [2.05, 4.69) is 15.4 Å². The van der Waals surface area contributed by atoms with E-state index in [0.717, 1.165) is 12.1 Å². The van der Waals surface area contributed by atoms with Crippen LogP contribution in [0.5, 0.6) is 5.75 Å². The summed E-state index contributed by atoms with van der Waals surface area (Å²) in [5.74, 6) is -0.0645. The minimum atomic E-state index is -4.28. The number of nitro groups is 1. The van der Waals surface area contributed by atoms with Crippen LogP contribution in [0.25, 0.3) is 0 Å². The first-order valence-corrected chi connectivity index (χ1v) is 10.4. The van der Waals surface area contributed by atoms with Crippen molar-refractivity contribution in [3.8, 4) is 5.75 Å². The van der Waals surface area contributed by atoms with Crippen molar-refractivity contribution in [1.29, 1.82) is 0 Å². The Kier molecular flexibility index (Phi) is 6.36. The summed E-state index contributed by atoms with van der Waals surface area (Å²) in [6, 6.07) is 17.5. The van der Waals surface area contributed by atoms with Crippen LogP contribution in [-0.4, -0.2) is 26.5 Å². The van der Waals surface area contributed by atoms with Gasteiger partial charge in [-0.3, -0.25) is 14.8 Å². The molecule has 0 aliphatic rings. The minimum absolute atomic E-state index is 0.0645. The van der Waals surface area contributed by atoms with E-state index in [1.165, 1.54) is 25.3 Å². The number of nitro benzene ring substituents is 1. The van der Waals surface area contributed by atoms with Gasteiger partial charge in [0.15, 0.2) is 0 Å². The third kappa shape index (κ3) is 5.28. The van der Waals surface area contributed by atoms with Gasteiger partial charge in [-0.15, -0.1) is 0 Å². The number of urea groups is 1. The lowest BCUT2D eigenvalue weighted by atomic mass is 10.3. The van der Waals surface area contributed by atoms with E-state index in [-0.39, 0.29) is 17.1 Å². The first kappa shape index (κ1) is 21.6. The van der Waals surface area contributed by atoms with Gasteiger partial charge in [0.2, 0.25) is 0 Å². The number of rotatable bonds is 7. The fourth-order valence-electron chi connectivity index (χ4n) is 2.68. The van der Waals surface area contributed by atoms with Crippen LogP contribution in [0, 0.1) is 10.1 Å². The highest BCUT2D eigenvalue weighted by Crippen LogP contribution is 2.31. The highest BCUT2D eigenvalue weighted by molar-refractivity contribution is 7.92. The Labute approximate surface area is 178 Å². The number of carbonyl (C=O) groups excluding carboxylic acids is 1. The predicted molar refractivity (Wildman–Crippen MR) is 116 cm³/mol. The topological polar surface area (TPSA) is 140 Å². The zero-order valence-corrected chi connectivity index (χ0v) is 17.0. The average molecular weight is 442 g/mol. The summed E-state index contributed by atoms with van der Waals surface area (Å²) in [7, 11) is -3.03. The molecule has 0 bridgehead atoms. The number of sulfonamides is 1. The molecule has 0 saturated carbocycles. The molecule has 2 amide bonds. The Morgan fingerprint density at radius 1 is 0.935 bits per heavy atom. The Bertz CT molecular complexity index is 1220. The summed E-state index contributed by atoms with van der Waals surface area (Å²) in [5, 5.41) is 16.3. The van der Waals surface area contributed by atoms with Crippen LogP contribution in [-0.2, 0) is 10.0 Å². The number of hydrogen-bond donors (Lipinski definition) is 3. The molecule has 0 heterocycles. The molecule has 3 aromatic rings. The molecule has 160 valence electrons. The lowest BCUT2D eigenvalue weighted by molar-refractivity contribution is -0.385. The molecule has 0 aromatic heterocycles. The molecular weight excluding hydrogens is 424 g/mol. The lowest BCUT2D eigenvalue weighted by Crippen LogP contribution is -2.21. The van der Waals surface area contributed by atoms with Gasteiger partial charge in [0.05, 0.1) is 23.4 Å². The molecule has 3 rings (SSSR count). The molecule has 31 heavy (non-hydrogen) atoms. The van der Waals surface area contributed by atoms with E-state index in [9.17, 15) is 23.3 Å². The molecule has 11 heteroatoms. The molecule has 0 saturated heterocycles. The number of methoxy groups -OCH3 is 1. The number of nitrogens with one attached hydrogen (secondary N) is 3. The van der Waals surface area contributed by atoms with Crippen LogP contribution in [0.1, 0.15) is 0 Å². The Morgan fingerprint density at radius 3 is 2.23 bits per heavy atom. The van der Waals surface area contributed by atoms with E-state index >= 15 is 0 Å². The van der Waals surface area contributed by atoms with E-state index in [1.54, 1.807) is 42.5 Å². The summed E-state index contributed by atoms with van der Waals surface area (Å²) in [5.41, 5.74) is 0.400. The number of ether oxygens (including phenoxy) is 1. The van der Waals surface area contributed by atoms with E-state index in [4.69, 9.17) is 4.74 Å². The van der Waals surface area contributed by atoms with Crippen molar-refractivity contribution in [3.63, 3.8) is 0 Å². The highest BCUT2D eigenvalue weighted by atomic mass is 32.2. The third-order valence-electron chi connectivity index (χ3n) is 4.10. The molecule has 3 N–H and O–H groups in total. The van der Waals surface area contributed by atoms with E-state index < -0.39 is 31.6 Å². The van der Waals surface area contributed by atoms with Crippen LogP contribution in [0.15, 0.2) is 77.7 Å². The summed E-state index contributed by atoms with van der Waals surface area (Å²) in [6.07, 6.45) is 0. The van der Waals surface area contributed by atoms with Gasteiger partial charge in [-0.25, -0.2) is 13.2 Å². The summed E-state index contributed by atoms with van der Waals surface area (Å²) < 4.78 is 33.3. The zero-order valence-electron chi connectivity index (χ0n) is 16.2. The van der Waals surface area contributed by atoms with Gasteiger partial charge >= 0.3 is 6.03 Å². The van der Waals surface area contributed by atoms with E-state index in [0.29, 0.717) is 5.69 Å². The van der Waals surface area contributed by atoms with Crippen LogP contribution in [0.4, 0.5) is 27.5 Å². The van der Waals surface area contributed by atoms with Crippen LogP contribution in [0.2, 0.25) is 0 Å². The van der Waals surface area contributed by atoms with E-state index in [1.807, 2.05) is 0 Å². The molecule has 3 aromatic carbocycles. The third-order valence-corrected chi connectivity index (χ3v) is 5.49. The van der Waals surface area contributed by atoms with Crippen molar-refractivity contribution in [1.82, 2.24) is 0 Å². The van der Waals surface area contributed by atoms with Crippen LogP contribution in [0.3, 0.4) is 0 Å². The molecule has 0 aliphatic carbocycles. The van der Waals surface area contributed by atoms with Crippen molar-refractivity contribution in [2.75, 3.05) is 22.5 Å². The second kappa shape index (κ2) is 9.13. The fraction of sp³-hybridized carbons (Fsp3) is 0.0500. The number of anilines is 3. The number of hydrogen-bond acceptors (Lipinski definition) is 6. The second-order valence-electron chi connectivity index (χ2n) is 6.19. The summed E-state index contributed by atoms with van der Waals surface area (Å²) in [6.45, 7) is 0. The first-order chi connectivity index (χ1) is 14.8. The normalized spacial score (nSPS) is 10.7. The number of carbonyl (C=O) groups is 1. The molecule has 0 atom stereocenters. The smallest absolute Gasteiger partial charge is 0.323 e. The van der Waals surface area contributed by atoms with Crippen molar-refractivity contribution in [3.05, 3.63) is 82.9 Å². The van der Waals surface area contributed by atoms with Gasteiger partial charge in [0, 0.05) is 17.8 Å². The van der Waals surface area contributed by atoms with Crippen LogP contribution < -0.4 is 20.1 Å². The Balaban J connectivity index is 1.87. The van der Waals surface area contributed by atoms with Gasteiger partial charge in [0.1, 0.15) is 10.6 Å². The Hall–Kier alpha value is -4.12. The molecule has 0 aliphatic heterocycles. The largest absolute Gasteiger partial charge is 0.495 e. The first-order valence-electron chi connectivity index (χ1n) is 8.87. The molecule has 0 unspecified atom stereocenters. The average Bonchev–Trinajstić information content (AvgIpc) is 2.75. The maximum absolute atomic E-state index is 12.9. The fourth-order valence-corrected chi connectivity index (χ4v) is 3.95. The summed E-state index contributed by atoms with van der Waals surface area (Å²) >= 11 is 0. The van der Waals surface area contributed by atoms with Gasteiger partial charge in [-0.2, -0.15) is 0 Å². The van der Waals surface area contributed by atoms with Gasteiger partial charge in [0.25, 0.3) is 15.7 Å². The van der Waals surface area contributed by atoms with Gasteiger partial charge in [-0.1, -0.05) is 30.3 Å². The molecule has 0 radical (unpaired) electrons. The SMILES string of the molecule is COc1ccc([N+](=O)[O-])cc1S(=O)(=O)Nc1ccccc1NC(=O)Nc1ccccc1. The van der Waals surface area contributed by atoms with Crippen molar-refractivity contribution < 1.29 is 22.9 Å². The predicted octanol–water partition coefficient (Wildman–Crippen LogP) is 4.05. The van der Waals surface area contributed by atoms with Crippen molar-refractivity contribution in [2.24, 2.45) is 0 Å². The zero-order chi connectivity index (χ0) is 22.4. The number of benzene rings is 3. The molecular formula is C20H18N4O6S. The van der Waals surface area contributed by atoms with Crippen molar-refractivity contribution >= 4 is 38.8 Å². The van der Waals surface area contributed by atoms with Gasteiger partial charge in [-0.05, 0) is 30.3 Å². The van der Waals surface area contributed by atoms with Crippen LogP contribution >= 0.6 is 0 Å².